The third-order valence-electron chi connectivity index (χ3n) is 7.42. The van der Waals surface area contributed by atoms with Crippen LogP contribution in [0.3, 0.4) is 0 Å². The molecule has 0 amide bonds. The lowest BCUT2D eigenvalue weighted by atomic mass is 9.83. The van der Waals surface area contributed by atoms with Crippen molar-refractivity contribution in [3.05, 3.63) is 61.7 Å². The zero-order chi connectivity index (χ0) is 25.7. The zero-order valence-electron chi connectivity index (χ0n) is 19.9. The van der Waals surface area contributed by atoms with Crippen LogP contribution in [0.15, 0.2) is 32.8 Å². The van der Waals surface area contributed by atoms with Crippen molar-refractivity contribution in [2.75, 3.05) is 0 Å². The number of halogens is 3. The van der Waals surface area contributed by atoms with Gasteiger partial charge in [0, 0.05) is 33.2 Å². The number of nitrogens with zero attached hydrogens (tertiary/aromatic N) is 3. The first-order valence-electron chi connectivity index (χ1n) is 12.4. The van der Waals surface area contributed by atoms with Gasteiger partial charge in [0.1, 0.15) is 33.9 Å². The van der Waals surface area contributed by atoms with Crippen LogP contribution in [0.2, 0.25) is 0 Å². The minimum atomic E-state index is -1.10. The largest absolute Gasteiger partial charge is 0.383 e. The number of hydrogen-bond acceptors (Lipinski definition) is 7. The Balaban J connectivity index is 1.17. The molecule has 3 aliphatic rings. The topological polar surface area (TPSA) is 92.2 Å². The fraction of sp³-hybridized carbons (Fsp3) is 0.444. The van der Waals surface area contributed by atoms with Gasteiger partial charge in [-0.05, 0) is 57.4 Å². The van der Waals surface area contributed by atoms with Crippen LogP contribution < -0.4 is 0 Å². The van der Waals surface area contributed by atoms with Gasteiger partial charge in [0.25, 0.3) is 0 Å². The van der Waals surface area contributed by atoms with Gasteiger partial charge in [-0.3, -0.25) is 0 Å². The van der Waals surface area contributed by atoms with Crippen LogP contribution in [-0.2, 0) is 16.9 Å². The average Bonchev–Trinajstić information content (AvgIpc) is 3.51. The summed E-state index contributed by atoms with van der Waals surface area (Å²) in [6.07, 6.45) is 7.80. The lowest BCUT2D eigenvalue weighted by Gasteiger charge is -2.34. The predicted octanol–water partition coefficient (Wildman–Crippen LogP) is 7.39. The molecule has 10 heteroatoms. The Bertz CT molecular complexity index is 1480. The molecule has 1 N–H and O–H groups in total. The Morgan fingerprint density at radius 3 is 2.73 bits per heavy atom. The molecule has 2 aromatic heterocycles. The molecule has 0 radical (unpaired) electrons. The number of thiazole rings is 1. The van der Waals surface area contributed by atoms with Gasteiger partial charge in [-0.2, -0.15) is 5.26 Å². The van der Waals surface area contributed by atoms with Crippen LogP contribution in [0.1, 0.15) is 84.9 Å². The van der Waals surface area contributed by atoms with E-state index in [0.29, 0.717) is 69.2 Å². The van der Waals surface area contributed by atoms with E-state index >= 15 is 0 Å². The van der Waals surface area contributed by atoms with Gasteiger partial charge in [0.15, 0.2) is 0 Å². The van der Waals surface area contributed by atoms with E-state index in [9.17, 15) is 9.50 Å². The monoisotopic (exact) mass is 559 g/mol. The van der Waals surface area contributed by atoms with Gasteiger partial charge in [-0.15, -0.1) is 11.3 Å². The van der Waals surface area contributed by atoms with E-state index in [4.69, 9.17) is 37.7 Å². The Kier molecular flexibility index (Phi) is 6.62. The minimum Gasteiger partial charge on any atom is -0.383 e. The summed E-state index contributed by atoms with van der Waals surface area (Å²) in [5, 5.41) is 26.7. The standard InChI is InChI=1S/C27H24Cl2FN3O3S/c28-18-2-1-3-19(29)23(18)24-17(25(36-33-24)14-4-5-14)13-35-16-6-8-27(34,9-7-16)26-32-21-11-20(30)15(12-31)10-22(21)37-26/h2,10-11,14,16,34H,1,3-9,13H2. The van der Waals surface area contributed by atoms with Crippen LogP contribution in [0.25, 0.3) is 15.8 Å². The smallest absolute Gasteiger partial charge is 0.145 e. The molecule has 3 aromatic rings. The second-order valence-electron chi connectivity index (χ2n) is 9.99. The van der Waals surface area contributed by atoms with Gasteiger partial charge in [-0.25, -0.2) is 9.37 Å². The number of allylic oxidation sites excluding steroid dienone is 4. The molecular formula is C27H24Cl2FN3O3S. The Morgan fingerprint density at radius 2 is 2.03 bits per heavy atom. The predicted molar refractivity (Wildman–Crippen MR) is 140 cm³/mol. The maximum Gasteiger partial charge on any atom is 0.145 e. The average molecular weight is 560 g/mol. The number of aliphatic hydroxyl groups is 1. The summed E-state index contributed by atoms with van der Waals surface area (Å²) in [4.78, 5) is 4.49. The van der Waals surface area contributed by atoms with Crippen LogP contribution in [0, 0.1) is 17.1 Å². The molecule has 6 nitrogen and oxygen atoms in total. The fourth-order valence-electron chi connectivity index (χ4n) is 5.13. The molecule has 2 saturated carbocycles. The molecule has 0 saturated heterocycles. The Labute approximate surface area is 227 Å². The summed E-state index contributed by atoms with van der Waals surface area (Å²) < 4.78 is 26.8. The number of hydrogen-bond donors (Lipinski definition) is 1. The molecular weight excluding hydrogens is 536 g/mol. The van der Waals surface area contributed by atoms with Crippen molar-refractivity contribution < 1.29 is 18.8 Å². The first kappa shape index (κ1) is 25.0. The van der Waals surface area contributed by atoms with Crippen molar-refractivity contribution in [1.82, 2.24) is 10.1 Å². The Hall–Kier alpha value is -2.28. The lowest BCUT2D eigenvalue weighted by molar-refractivity contribution is -0.0641. The summed E-state index contributed by atoms with van der Waals surface area (Å²) in [6.45, 7) is 0.336. The second kappa shape index (κ2) is 9.79. The van der Waals surface area contributed by atoms with Crippen LogP contribution >= 0.6 is 34.5 Å². The summed E-state index contributed by atoms with van der Waals surface area (Å²) in [6, 6.07) is 4.61. The van der Waals surface area contributed by atoms with Crippen molar-refractivity contribution >= 4 is 50.3 Å². The maximum atomic E-state index is 14.0. The lowest BCUT2D eigenvalue weighted by Crippen LogP contribution is -2.34. The molecule has 6 rings (SSSR count). The molecule has 192 valence electrons. The highest BCUT2D eigenvalue weighted by atomic mass is 35.5. The zero-order valence-corrected chi connectivity index (χ0v) is 22.2. The van der Waals surface area contributed by atoms with Crippen LogP contribution in [0.5, 0.6) is 0 Å². The van der Waals surface area contributed by atoms with Gasteiger partial charge in [-0.1, -0.05) is 34.4 Å². The van der Waals surface area contributed by atoms with Crippen LogP contribution in [-0.4, -0.2) is 21.4 Å². The SMILES string of the molecule is N#Cc1cc2sc(C3(O)CCC(OCc4c(C5=C(Cl)CCC=C5Cl)noc4C4CC4)CC3)nc2cc1F. The number of nitriles is 1. The molecule has 0 unspecified atom stereocenters. The normalized spacial score (nSPS) is 24.4. The van der Waals surface area contributed by atoms with E-state index in [1.165, 1.54) is 23.5 Å². The van der Waals surface area contributed by atoms with Crippen molar-refractivity contribution in [2.45, 2.75) is 75.6 Å². The van der Waals surface area contributed by atoms with Gasteiger partial charge >= 0.3 is 0 Å². The second-order valence-corrected chi connectivity index (χ2v) is 11.9. The highest BCUT2D eigenvalue weighted by Crippen LogP contribution is 2.47. The molecule has 0 atom stereocenters. The molecule has 0 spiro atoms. The highest BCUT2D eigenvalue weighted by molar-refractivity contribution is 7.18. The minimum absolute atomic E-state index is 0.0208. The first-order valence-corrected chi connectivity index (χ1v) is 14.0. The first-order chi connectivity index (χ1) is 17.9. The summed E-state index contributed by atoms with van der Waals surface area (Å²) in [5.74, 6) is 0.608. The number of rotatable bonds is 6. The van der Waals surface area contributed by atoms with Gasteiger partial charge < -0.3 is 14.4 Å². The fourth-order valence-corrected chi connectivity index (χ4v) is 6.93. The van der Waals surface area contributed by atoms with E-state index in [1.807, 2.05) is 12.1 Å². The molecule has 0 bridgehead atoms. The summed E-state index contributed by atoms with van der Waals surface area (Å²) in [5.41, 5.74) is 1.64. The molecule has 2 fully saturated rings. The molecule has 1 aromatic carbocycles. The van der Waals surface area contributed by atoms with Crippen molar-refractivity contribution in [3.8, 4) is 6.07 Å². The number of ether oxygens (including phenoxy) is 1. The van der Waals surface area contributed by atoms with Crippen molar-refractivity contribution in [1.29, 1.82) is 5.26 Å². The van der Waals surface area contributed by atoms with E-state index in [0.717, 1.165) is 42.6 Å². The third kappa shape index (κ3) is 4.73. The number of benzene rings is 1. The van der Waals surface area contributed by atoms with Crippen molar-refractivity contribution in [2.24, 2.45) is 0 Å². The maximum absolute atomic E-state index is 14.0. The molecule has 3 aliphatic carbocycles. The van der Waals surface area contributed by atoms with Gasteiger partial charge in [0.05, 0.1) is 28.5 Å². The van der Waals surface area contributed by atoms with E-state index < -0.39 is 11.4 Å². The summed E-state index contributed by atoms with van der Waals surface area (Å²) in [7, 11) is 0. The van der Waals surface area contributed by atoms with E-state index in [-0.39, 0.29) is 11.7 Å². The third-order valence-corrected chi connectivity index (χ3v) is 9.35. The van der Waals surface area contributed by atoms with E-state index in [2.05, 4.69) is 10.1 Å². The number of fused-ring (bicyclic) bond motifs is 1. The van der Waals surface area contributed by atoms with Crippen molar-refractivity contribution in [3.63, 3.8) is 0 Å². The molecule has 0 aliphatic heterocycles. The molecule has 37 heavy (non-hydrogen) atoms. The summed E-state index contributed by atoms with van der Waals surface area (Å²) >= 11 is 14.4. The highest BCUT2D eigenvalue weighted by Gasteiger charge is 2.39. The van der Waals surface area contributed by atoms with E-state index in [1.54, 1.807) is 0 Å². The van der Waals surface area contributed by atoms with Crippen LogP contribution in [0.4, 0.5) is 4.39 Å². The van der Waals surface area contributed by atoms with Gasteiger partial charge in [0.2, 0.25) is 0 Å². The number of aromatic nitrogens is 2. The Morgan fingerprint density at radius 1 is 1.24 bits per heavy atom. The molecule has 2 heterocycles. The quantitative estimate of drug-likeness (QED) is 0.338.